The number of esters is 1. The highest BCUT2D eigenvalue weighted by Gasteiger charge is 2.33. The van der Waals surface area contributed by atoms with Gasteiger partial charge in [0.15, 0.2) is 0 Å². The van der Waals surface area contributed by atoms with Crippen molar-refractivity contribution in [1.82, 2.24) is 5.32 Å². The zero-order valence-electron chi connectivity index (χ0n) is 9.52. The van der Waals surface area contributed by atoms with Crippen molar-refractivity contribution >= 4 is 5.97 Å². The molecule has 0 radical (unpaired) electrons. The second-order valence-electron chi connectivity index (χ2n) is 4.44. The summed E-state index contributed by atoms with van der Waals surface area (Å²) >= 11 is 0. The van der Waals surface area contributed by atoms with E-state index >= 15 is 0 Å². The predicted molar refractivity (Wildman–Crippen MR) is 53.6 cm³/mol. The van der Waals surface area contributed by atoms with Crippen LogP contribution in [0.25, 0.3) is 0 Å². The Balaban J connectivity index is 4.41. The summed E-state index contributed by atoms with van der Waals surface area (Å²) in [5, 5.41) is 2.98. The van der Waals surface area contributed by atoms with E-state index in [1.807, 2.05) is 34.6 Å². The summed E-state index contributed by atoms with van der Waals surface area (Å²) in [6, 6.07) is 0. The Hall–Kier alpha value is -0.570. The highest BCUT2D eigenvalue weighted by molar-refractivity contribution is 5.80. The van der Waals surface area contributed by atoms with Crippen molar-refractivity contribution < 1.29 is 9.53 Å². The highest BCUT2D eigenvalue weighted by Crippen LogP contribution is 2.16. The number of rotatable bonds is 3. The van der Waals surface area contributed by atoms with Crippen molar-refractivity contribution in [3.63, 3.8) is 0 Å². The van der Waals surface area contributed by atoms with E-state index in [9.17, 15) is 4.79 Å². The van der Waals surface area contributed by atoms with E-state index in [-0.39, 0.29) is 5.97 Å². The van der Waals surface area contributed by atoms with E-state index in [2.05, 4.69) is 5.32 Å². The molecule has 78 valence electrons. The molecule has 0 saturated carbocycles. The summed E-state index contributed by atoms with van der Waals surface area (Å²) in [6.45, 7) is 9.42. The molecule has 13 heavy (non-hydrogen) atoms. The molecule has 0 aliphatic rings. The Labute approximate surface area is 80.8 Å². The number of carbonyl (C=O) groups is 1. The summed E-state index contributed by atoms with van der Waals surface area (Å²) in [7, 11) is 1.77. The minimum absolute atomic E-state index is 0.190. The predicted octanol–water partition coefficient (Wildman–Crippen LogP) is 1.72. The fraction of sp³-hybridized carbons (Fsp3) is 0.900. The van der Waals surface area contributed by atoms with Crippen LogP contribution in [0.1, 0.15) is 41.0 Å². The van der Waals surface area contributed by atoms with Crippen molar-refractivity contribution in [2.75, 3.05) is 7.05 Å². The lowest BCUT2D eigenvalue weighted by Gasteiger charge is -2.30. The van der Waals surface area contributed by atoms with Crippen molar-refractivity contribution in [3.05, 3.63) is 0 Å². The summed E-state index contributed by atoms with van der Waals surface area (Å²) in [4.78, 5) is 11.7. The molecule has 0 aliphatic heterocycles. The van der Waals surface area contributed by atoms with Crippen LogP contribution in [0.15, 0.2) is 0 Å². The number of hydrogen-bond acceptors (Lipinski definition) is 3. The molecule has 0 saturated heterocycles. The number of nitrogens with one attached hydrogen (secondary N) is 1. The van der Waals surface area contributed by atoms with Gasteiger partial charge in [-0.3, -0.25) is 4.79 Å². The van der Waals surface area contributed by atoms with E-state index < -0.39 is 11.1 Å². The van der Waals surface area contributed by atoms with Crippen LogP contribution >= 0.6 is 0 Å². The van der Waals surface area contributed by atoms with Crippen molar-refractivity contribution in [2.45, 2.75) is 52.2 Å². The van der Waals surface area contributed by atoms with Crippen LogP contribution in [0.5, 0.6) is 0 Å². The number of hydrogen-bond donors (Lipinski definition) is 1. The first-order chi connectivity index (χ1) is 5.75. The van der Waals surface area contributed by atoms with Gasteiger partial charge in [-0.15, -0.1) is 0 Å². The second-order valence-corrected chi connectivity index (χ2v) is 4.44. The molecule has 0 aromatic carbocycles. The van der Waals surface area contributed by atoms with Gasteiger partial charge >= 0.3 is 5.97 Å². The van der Waals surface area contributed by atoms with Crippen molar-refractivity contribution in [3.8, 4) is 0 Å². The van der Waals surface area contributed by atoms with Gasteiger partial charge in [0.1, 0.15) is 11.1 Å². The number of carbonyl (C=O) groups excluding carboxylic acids is 1. The second kappa shape index (κ2) is 4.09. The average Bonchev–Trinajstić information content (AvgIpc) is 2.00. The molecule has 0 spiro atoms. The third-order valence-corrected chi connectivity index (χ3v) is 2.11. The van der Waals surface area contributed by atoms with Crippen LogP contribution in [0, 0.1) is 0 Å². The zero-order chi connectivity index (χ0) is 10.7. The minimum Gasteiger partial charge on any atom is -0.459 e. The van der Waals surface area contributed by atoms with E-state index in [0.29, 0.717) is 0 Å². The molecule has 0 rings (SSSR count). The summed E-state index contributed by atoms with van der Waals surface area (Å²) in [5.74, 6) is -0.190. The van der Waals surface area contributed by atoms with Crippen LogP contribution in [0.4, 0.5) is 0 Å². The standard InChI is InChI=1S/C10H21NO2/c1-7-10(5,11-6)8(12)13-9(2,3)4/h11H,7H2,1-6H3. The maximum absolute atomic E-state index is 11.7. The number of ether oxygens (including phenoxy) is 1. The van der Waals surface area contributed by atoms with Crippen LogP contribution in [-0.2, 0) is 9.53 Å². The largest absolute Gasteiger partial charge is 0.459 e. The van der Waals surface area contributed by atoms with Gasteiger partial charge < -0.3 is 10.1 Å². The van der Waals surface area contributed by atoms with Gasteiger partial charge in [0.05, 0.1) is 0 Å². The quantitative estimate of drug-likeness (QED) is 0.684. The van der Waals surface area contributed by atoms with Crippen molar-refractivity contribution in [1.29, 1.82) is 0 Å². The summed E-state index contributed by atoms with van der Waals surface area (Å²) < 4.78 is 5.28. The molecule has 1 atom stereocenters. The monoisotopic (exact) mass is 187 g/mol. The normalized spacial score (nSPS) is 16.5. The minimum atomic E-state index is -0.562. The van der Waals surface area contributed by atoms with Crippen LogP contribution < -0.4 is 5.32 Å². The lowest BCUT2D eigenvalue weighted by molar-refractivity contribution is -0.162. The lowest BCUT2D eigenvalue weighted by atomic mass is 9.99. The molecule has 0 bridgehead atoms. The van der Waals surface area contributed by atoms with Gasteiger partial charge in [-0.05, 0) is 41.2 Å². The highest BCUT2D eigenvalue weighted by atomic mass is 16.6. The fourth-order valence-corrected chi connectivity index (χ4v) is 0.814. The Morgan fingerprint density at radius 3 is 2.00 bits per heavy atom. The van der Waals surface area contributed by atoms with E-state index in [1.54, 1.807) is 7.05 Å². The summed E-state index contributed by atoms with van der Waals surface area (Å²) in [6.07, 6.45) is 0.721. The van der Waals surface area contributed by atoms with E-state index in [0.717, 1.165) is 6.42 Å². The molecule has 1 N–H and O–H groups in total. The van der Waals surface area contributed by atoms with Gasteiger partial charge in [0.2, 0.25) is 0 Å². The van der Waals surface area contributed by atoms with E-state index in [4.69, 9.17) is 4.74 Å². The van der Waals surface area contributed by atoms with E-state index in [1.165, 1.54) is 0 Å². The molecule has 0 aromatic rings. The smallest absolute Gasteiger partial charge is 0.326 e. The molecular weight excluding hydrogens is 166 g/mol. The number of likely N-dealkylation sites (N-methyl/N-ethyl adjacent to an activating group) is 1. The van der Waals surface area contributed by atoms with Gasteiger partial charge in [-0.1, -0.05) is 6.92 Å². The van der Waals surface area contributed by atoms with Crippen molar-refractivity contribution in [2.24, 2.45) is 0 Å². The van der Waals surface area contributed by atoms with Gasteiger partial charge in [-0.2, -0.15) is 0 Å². The molecule has 1 unspecified atom stereocenters. The molecule has 0 aliphatic carbocycles. The first-order valence-corrected chi connectivity index (χ1v) is 4.67. The Morgan fingerprint density at radius 1 is 1.31 bits per heavy atom. The van der Waals surface area contributed by atoms with Gasteiger partial charge in [0, 0.05) is 0 Å². The molecule has 3 heteroatoms. The Bertz CT molecular complexity index is 178. The summed E-state index contributed by atoms with van der Waals surface area (Å²) in [5.41, 5.74) is -0.975. The average molecular weight is 187 g/mol. The molecule has 0 fully saturated rings. The first kappa shape index (κ1) is 12.4. The SMILES string of the molecule is CCC(C)(NC)C(=O)OC(C)(C)C. The molecule has 0 heterocycles. The van der Waals surface area contributed by atoms with Crippen LogP contribution in [-0.4, -0.2) is 24.2 Å². The third-order valence-electron chi connectivity index (χ3n) is 2.11. The first-order valence-electron chi connectivity index (χ1n) is 4.67. The lowest BCUT2D eigenvalue weighted by Crippen LogP contribution is -2.50. The topological polar surface area (TPSA) is 38.3 Å². The molecule has 3 nitrogen and oxygen atoms in total. The molecule has 0 aromatic heterocycles. The van der Waals surface area contributed by atoms with Gasteiger partial charge in [0.25, 0.3) is 0 Å². The van der Waals surface area contributed by atoms with Gasteiger partial charge in [-0.25, -0.2) is 0 Å². The Morgan fingerprint density at radius 2 is 1.77 bits per heavy atom. The molecule has 0 amide bonds. The third kappa shape index (κ3) is 3.77. The maximum Gasteiger partial charge on any atom is 0.326 e. The Kier molecular flexibility index (Phi) is 3.91. The van der Waals surface area contributed by atoms with Crippen LogP contribution in [0.3, 0.4) is 0 Å². The zero-order valence-corrected chi connectivity index (χ0v) is 9.52. The van der Waals surface area contributed by atoms with Crippen LogP contribution in [0.2, 0.25) is 0 Å². The fourth-order valence-electron chi connectivity index (χ4n) is 0.814. The molecular formula is C10H21NO2. The maximum atomic E-state index is 11.7.